The highest BCUT2D eigenvalue weighted by atomic mass is 16.3. The fourth-order valence-electron chi connectivity index (χ4n) is 1.49. The molecule has 1 aromatic carbocycles. The summed E-state index contributed by atoms with van der Waals surface area (Å²) < 4.78 is 0. The van der Waals surface area contributed by atoms with Gasteiger partial charge >= 0.3 is 0 Å². The van der Waals surface area contributed by atoms with E-state index in [9.17, 15) is 5.11 Å². The Kier molecular flexibility index (Phi) is 3.93. The first-order chi connectivity index (χ1) is 6.29. The first-order valence-electron chi connectivity index (χ1n) is 4.75. The van der Waals surface area contributed by atoms with Crippen LogP contribution in [-0.2, 0) is 6.42 Å². The van der Waals surface area contributed by atoms with Crippen molar-refractivity contribution in [2.24, 2.45) is 5.73 Å². The van der Waals surface area contributed by atoms with E-state index in [-0.39, 0.29) is 0 Å². The van der Waals surface area contributed by atoms with E-state index in [0.29, 0.717) is 13.0 Å². The van der Waals surface area contributed by atoms with Gasteiger partial charge in [-0.05, 0) is 30.5 Å². The van der Waals surface area contributed by atoms with Gasteiger partial charge < -0.3 is 10.8 Å². The molecule has 1 atom stereocenters. The summed E-state index contributed by atoms with van der Waals surface area (Å²) in [6.07, 6.45) is 1.19. The second-order valence-corrected chi connectivity index (χ2v) is 3.15. The summed E-state index contributed by atoms with van der Waals surface area (Å²) in [6.45, 7) is 2.62. The standard InChI is InChI=1S/C11H17NO/c1-2-9-5-3-4-6-10(9)11(13)7-8-12/h3-6,11,13H,2,7-8,12H2,1H3/t11-/m1/s1. The molecule has 1 rings (SSSR count). The predicted molar refractivity (Wildman–Crippen MR) is 54.5 cm³/mol. The summed E-state index contributed by atoms with van der Waals surface area (Å²) in [7, 11) is 0. The van der Waals surface area contributed by atoms with Crippen LogP contribution >= 0.6 is 0 Å². The van der Waals surface area contributed by atoms with Crippen LogP contribution in [0.25, 0.3) is 0 Å². The first-order valence-corrected chi connectivity index (χ1v) is 4.75. The zero-order chi connectivity index (χ0) is 9.68. The number of aliphatic hydroxyl groups excluding tert-OH is 1. The van der Waals surface area contributed by atoms with Crippen molar-refractivity contribution in [1.29, 1.82) is 0 Å². The average Bonchev–Trinajstić information content (AvgIpc) is 2.18. The maximum Gasteiger partial charge on any atom is 0.0804 e. The lowest BCUT2D eigenvalue weighted by Crippen LogP contribution is -2.08. The molecule has 0 radical (unpaired) electrons. The second-order valence-electron chi connectivity index (χ2n) is 3.15. The van der Waals surface area contributed by atoms with Crippen molar-refractivity contribution >= 4 is 0 Å². The molecule has 1 aromatic rings. The molecule has 3 N–H and O–H groups in total. The van der Waals surface area contributed by atoms with Gasteiger partial charge in [-0.3, -0.25) is 0 Å². The Morgan fingerprint density at radius 1 is 1.38 bits per heavy atom. The lowest BCUT2D eigenvalue weighted by atomic mass is 9.99. The number of benzene rings is 1. The third-order valence-electron chi connectivity index (χ3n) is 2.24. The summed E-state index contributed by atoms with van der Waals surface area (Å²) in [5.41, 5.74) is 7.63. The van der Waals surface area contributed by atoms with E-state index < -0.39 is 6.10 Å². The van der Waals surface area contributed by atoms with E-state index in [1.54, 1.807) is 0 Å². The van der Waals surface area contributed by atoms with Crippen LogP contribution in [0.1, 0.15) is 30.6 Å². The molecule has 72 valence electrons. The van der Waals surface area contributed by atoms with E-state index in [1.165, 1.54) is 5.56 Å². The maximum atomic E-state index is 9.75. The molecular formula is C11H17NO. The minimum absolute atomic E-state index is 0.402. The van der Waals surface area contributed by atoms with Gasteiger partial charge in [0.2, 0.25) is 0 Å². The van der Waals surface area contributed by atoms with Gasteiger partial charge in [0.25, 0.3) is 0 Å². The van der Waals surface area contributed by atoms with Crippen LogP contribution in [0.3, 0.4) is 0 Å². The molecule has 0 heterocycles. The van der Waals surface area contributed by atoms with E-state index >= 15 is 0 Å². The van der Waals surface area contributed by atoms with E-state index in [2.05, 4.69) is 13.0 Å². The molecule has 0 amide bonds. The molecule has 2 nitrogen and oxygen atoms in total. The van der Waals surface area contributed by atoms with Crippen molar-refractivity contribution in [1.82, 2.24) is 0 Å². The highest BCUT2D eigenvalue weighted by Crippen LogP contribution is 2.20. The molecule has 0 fully saturated rings. The van der Waals surface area contributed by atoms with Gasteiger partial charge in [0.1, 0.15) is 0 Å². The van der Waals surface area contributed by atoms with Crippen LogP contribution in [0, 0.1) is 0 Å². The van der Waals surface area contributed by atoms with Gasteiger partial charge in [0.05, 0.1) is 6.10 Å². The zero-order valence-electron chi connectivity index (χ0n) is 8.03. The predicted octanol–water partition coefficient (Wildman–Crippen LogP) is 1.63. The first kappa shape index (κ1) is 10.2. The van der Waals surface area contributed by atoms with Gasteiger partial charge in [-0.2, -0.15) is 0 Å². The topological polar surface area (TPSA) is 46.2 Å². The Morgan fingerprint density at radius 3 is 2.69 bits per heavy atom. The molecule has 0 saturated heterocycles. The minimum atomic E-state index is -0.402. The number of nitrogens with two attached hydrogens (primary N) is 1. The van der Waals surface area contributed by atoms with Gasteiger partial charge in [-0.15, -0.1) is 0 Å². The molecular weight excluding hydrogens is 162 g/mol. The highest BCUT2D eigenvalue weighted by Gasteiger charge is 2.09. The molecule has 0 aliphatic heterocycles. The monoisotopic (exact) mass is 179 g/mol. The van der Waals surface area contributed by atoms with Crippen molar-refractivity contribution < 1.29 is 5.11 Å². The fraction of sp³-hybridized carbons (Fsp3) is 0.455. The quantitative estimate of drug-likeness (QED) is 0.738. The Bertz CT molecular complexity index is 260. The normalized spacial score (nSPS) is 12.8. The van der Waals surface area contributed by atoms with E-state index in [1.807, 2.05) is 18.2 Å². The van der Waals surface area contributed by atoms with Crippen LogP contribution < -0.4 is 5.73 Å². The van der Waals surface area contributed by atoms with Gasteiger partial charge in [-0.1, -0.05) is 31.2 Å². The van der Waals surface area contributed by atoms with Crippen LogP contribution in [0.4, 0.5) is 0 Å². The lowest BCUT2D eigenvalue weighted by molar-refractivity contribution is 0.169. The van der Waals surface area contributed by atoms with E-state index in [0.717, 1.165) is 12.0 Å². The summed E-state index contributed by atoms with van der Waals surface area (Å²) in [5, 5.41) is 9.75. The molecule has 0 aromatic heterocycles. The third kappa shape index (κ3) is 2.54. The van der Waals surface area contributed by atoms with Crippen LogP contribution in [0.2, 0.25) is 0 Å². The molecule has 0 aliphatic rings. The maximum absolute atomic E-state index is 9.75. The van der Waals surface area contributed by atoms with Gasteiger partial charge in [0, 0.05) is 0 Å². The highest BCUT2D eigenvalue weighted by molar-refractivity contribution is 5.28. The van der Waals surface area contributed by atoms with Crippen LogP contribution in [-0.4, -0.2) is 11.7 Å². The Balaban J connectivity index is 2.85. The van der Waals surface area contributed by atoms with E-state index in [4.69, 9.17) is 5.73 Å². The molecule has 0 unspecified atom stereocenters. The minimum Gasteiger partial charge on any atom is -0.388 e. The molecule has 13 heavy (non-hydrogen) atoms. The van der Waals surface area contributed by atoms with Crippen molar-refractivity contribution in [2.75, 3.05) is 6.54 Å². The smallest absolute Gasteiger partial charge is 0.0804 e. The second kappa shape index (κ2) is 5.00. The van der Waals surface area contributed by atoms with Crippen molar-refractivity contribution in [2.45, 2.75) is 25.9 Å². The van der Waals surface area contributed by atoms with Gasteiger partial charge in [-0.25, -0.2) is 0 Å². The SMILES string of the molecule is CCc1ccccc1[C@H](O)CCN. The third-order valence-corrected chi connectivity index (χ3v) is 2.24. The lowest BCUT2D eigenvalue weighted by Gasteiger charge is -2.13. The zero-order valence-corrected chi connectivity index (χ0v) is 8.03. The Morgan fingerprint density at radius 2 is 2.08 bits per heavy atom. The van der Waals surface area contributed by atoms with Gasteiger partial charge in [0.15, 0.2) is 0 Å². The Labute approximate surface area is 79.4 Å². The molecule has 0 aliphatic carbocycles. The Hall–Kier alpha value is -0.860. The van der Waals surface area contributed by atoms with Crippen LogP contribution in [0.15, 0.2) is 24.3 Å². The van der Waals surface area contributed by atoms with Crippen molar-refractivity contribution in [3.05, 3.63) is 35.4 Å². The summed E-state index contributed by atoms with van der Waals surface area (Å²) >= 11 is 0. The number of rotatable bonds is 4. The largest absolute Gasteiger partial charge is 0.388 e. The molecule has 2 heteroatoms. The number of aliphatic hydroxyl groups is 1. The van der Waals surface area contributed by atoms with Crippen LogP contribution in [0.5, 0.6) is 0 Å². The summed E-state index contributed by atoms with van der Waals surface area (Å²) in [6, 6.07) is 7.97. The van der Waals surface area contributed by atoms with Crippen molar-refractivity contribution in [3.8, 4) is 0 Å². The summed E-state index contributed by atoms with van der Waals surface area (Å²) in [4.78, 5) is 0. The molecule has 0 bridgehead atoms. The number of hydrogen-bond acceptors (Lipinski definition) is 2. The van der Waals surface area contributed by atoms with Crippen molar-refractivity contribution in [3.63, 3.8) is 0 Å². The molecule has 0 saturated carbocycles. The fourth-order valence-corrected chi connectivity index (χ4v) is 1.49. The number of aryl methyl sites for hydroxylation is 1. The average molecular weight is 179 g/mol. The number of hydrogen-bond donors (Lipinski definition) is 2. The summed E-state index contributed by atoms with van der Waals surface area (Å²) in [5.74, 6) is 0. The molecule has 0 spiro atoms.